The average molecular weight is 133 g/mol. The molecule has 0 spiro atoms. The van der Waals surface area contributed by atoms with Crippen molar-refractivity contribution >= 4 is 7.85 Å². The summed E-state index contributed by atoms with van der Waals surface area (Å²) in [6, 6.07) is 0. The van der Waals surface area contributed by atoms with E-state index in [4.69, 9.17) is 0 Å². The quantitative estimate of drug-likeness (QED) is 0.457. The summed E-state index contributed by atoms with van der Waals surface area (Å²) >= 11 is 0. The molecular formula is C3H15BF3N. The number of hydrogen-bond donors (Lipinski definition) is 1. The third-order valence-electron chi connectivity index (χ3n) is 0. The first kappa shape index (κ1) is 45.8. The maximum atomic E-state index is 2.75. The third-order valence-corrected chi connectivity index (χ3v) is 0. The highest BCUT2D eigenvalue weighted by Gasteiger charge is 1.25. The Balaban J connectivity index is -0.00000000567. The molecule has 0 aliphatic rings. The first-order valence-corrected chi connectivity index (χ1v) is 2.00. The van der Waals surface area contributed by atoms with Gasteiger partial charge in [-0.15, -0.1) is 0 Å². The molecule has 8 heavy (non-hydrogen) atoms. The average Bonchev–Trinajstić information content (AvgIpc) is 1.46. The van der Waals surface area contributed by atoms with E-state index in [2.05, 4.69) is 5.32 Å². The lowest BCUT2D eigenvalue weighted by molar-refractivity contribution is 1.02. The lowest BCUT2D eigenvalue weighted by Crippen LogP contribution is -1.89. The molecule has 0 saturated carbocycles. The van der Waals surface area contributed by atoms with Gasteiger partial charge in [-0.2, -0.15) is 0 Å². The van der Waals surface area contributed by atoms with Crippen LogP contribution in [0.15, 0.2) is 0 Å². The maximum Gasteiger partial charge on any atom is 0.0973 e. The Morgan fingerprint density at radius 2 is 0.875 bits per heavy atom. The number of nitrogens with one attached hydrogen (secondary N) is 1. The van der Waals surface area contributed by atoms with Crippen molar-refractivity contribution in [2.24, 2.45) is 0 Å². The van der Waals surface area contributed by atoms with Crippen molar-refractivity contribution in [1.82, 2.24) is 5.32 Å². The van der Waals surface area contributed by atoms with Crippen LogP contribution in [-0.2, 0) is 0 Å². The van der Waals surface area contributed by atoms with E-state index in [0.717, 1.165) is 0 Å². The van der Waals surface area contributed by atoms with E-state index in [9.17, 15) is 0 Å². The van der Waals surface area contributed by atoms with Gasteiger partial charge in [0.1, 0.15) is 0 Å². The molecule has 0 rings (SSSR count). The summed E-state index contributed by atoms with van der Waals surface area (Å²) < 4.78 is 0. The minimum atomic E-state index is 0. The Morgan fingerprint density at radius 3 is 0.875 bits per heavy atom. The fraction of sp³-hybridized carbons (Fsp3) is 1.00. The Morgan fingerprint density at radius 1 is 0.875 bits per heavy atom. The summed E-state index contributed by atoms with van der Waals surface area (Å²) in [4.78, 5) is 0. The van der Waals surface area contributed by atoms with Gasteiger partial charge in [0.2, 0.25) is 0 Å². The van der Waals surface area contributed by atoms with Crippen LogP contribution in [0, 0.1) is 0 Å². The molecule has 0 aliphatic heterocycles. The predicted octanol–water partition coefficient (Wildman–Crippen LogP) is -0.0393. The molecule has 5 heteroatoms. The molecule has 1 nitrogen and oxygen atoms in total. The van der Waals surface area contributed by atoms with Crippen LogP contribution in [-0.4, -0.2) is 21.9 Å². The van der Waals surface area contributed by atoms with Crippen molar-refractivity contribution in [1.29, 1.82) is 0 Å². The van der Waals surface area contributed by atoms with Crippen molar-refractivity contribution in [3.63, 3.8) is 0 Å². The normalized spacial score (nSPS) is 2.88. The molecule has 0 aromatic rings. The van der Waals surface area contributed by atoms with Crippen molar-refractivity contribution < 1.29 is 14.1 Å². The molecule has 56 valence electrons. The first-order chi connectivity index (χ1) is 2.41. The molecule has 0 saturated heterocycles. The highest BCUT2D eigenvalue weighted by atomic mass is 19.0. The van der Waals surface area contributed by atoms with Crippen LogP contribution in [0.25, 0.3) is 0 Å². The minimum Gasteiger partial charge on any atom is -0.323 e. The summed E-state index contributed by atoms with van der Waals surface area (Å²) in [5, 5.41) is 2.75. The van der Waals surface area contributed by atoms with Crippen molar-refractivity contribution in [2.75, 3.05) is 14.1 Å². The van der Waals surface area contributed by atoms with E-state index in [-0.39, 0.29) is 14.1 Å². The number of hydrogen-bond acceptors (Lipinski definition) is 1. The Hall–Kier alpha value is -0.185. The fourth-order valence-corrected chi connectivity index (χ4v) is 0. The topological polar surface area (TPSA) is 12.0 Å². The van der Waals surface area contributed by atoms with E-state index < -0.39 is 0 Å². The van der Waals surface area contributed by atoms with Gasteiger partial charge < -0.3 is 5.32 Å². The molecule has 0 aromatic heterocycles. The highest BCUT2D eigenvalue weighted by Crippen LogP contribution is 0.981. The zero-order valence-corrected chi connectivity index (χ0v) is 5.72. The third kappa shape index (κ3) is 3940. The van der Waals surface area contributed by atoms with E-state index in [0.29, 0.717) is 0 Å². The fourth-order valence-electron chi connectivity index (χ4n) is 0. The number of rotatable bonds is 0. The second kappa shape index (κ2) is 347. The Labute approximate surface area is 49.4 Å². The highest BCUT2D eigenvalue weighted by molar-refractivity contribution is 6.05. The smallest absolute Gasteiger partial charge is 0.0973 e. The van der Waals surface area contributed by atoms with Crippen LogP contribution in [0.4, 0.5) is 14.1 Å². The molecular weight excluding hydrogens is 118 g/mol. The molecule has 0 unspecified atom stereocenters. The standard InChI is InChI=1S/C2H7N.CH5B.3FH/c1-3-2;1-2;;;/h3H,1-2H3;2H2,1H3;3*1H. The van der Waals surface area contributed by atoms with E-state index in [1.54, 1.807) is 0 Å². The summed E-state index contributed by atoms with van der Waals surface area (Å²) in [7, 11) is 5.75. The van der Waals surface area contributed by atoms with Crippen LogP contribution in [0.3, 0.4) is 0 Å². The van der Waals surface area contributed by atoms with Crippen LogP contribution in [0.5, 0.6) is 0 Å². The summed E-state index contributed by atoms with van der Waals surface area (Å²) in [5.74, 6) is 0. The van der Waals surface area contributed by atoms with Crippen LogP contribution in [0.2, 0.25) is 6.82 Å². The molecule has 0 amide bonds. The van der Waals surface area contributed by atoms with E-state index in [1.165, 1.54) is 0 Å². The Bertz CT molecular complexity index is 14.5. The Kier molecular flexibility index (Phi) is 1990. The van der Waals surface area contributed by atoms with Gasteiger partial charge in [0.05, 0.1) is 7.85 Å². The van der Waals surface area contributed by atoms with Gasteiger partial charge in [-0.1, -0.05) is 6.82 Å². The molecule has 1 N–H and O–H groups in total. The summed E-state index contributed by atoms with van der Waals surface area (Å²) in [6.07, 6.45) is 0. The van der Waals surface area contributed by atoms with Gasteiger partial charge in [0.15, 0.2) is 0 Å². The molecule has 0 fully saturated rings. The molecule has 0 bridgehead atoms. The molecule has 0 aromatic carbocycles. The summed E-state index contributed by atoms with van der Waals surface area (Å²) in [5.41, 5.74) is 0. The van der Waals surface area contributed by atoms with Gasteiger partial charge in [-0.3, -0.25) is 14.1 Å². The predicted molar refractivity (Wildman–Crippen MR) is 36.9 cm³/mol. The second-order valence-corrected chi connectivity index (χ2v) is 0.500. The largest absolute Gasteiger partial charge is 0.323 e. The summed E-state index contributed by atoms with van der Waals surface area (Å²) in [6.45, 7) is 2.00. The van der Waals surface area contributed by atoms with Gasteiger partial charge in [0, 0.05) is 0 Å². The first-order valence-electron chi connectivity index (χ1n) is 2.00. The zero-order chi connectivity index (χ0) is 4.71. The van der Waals surface area contributed by atoms with E-state index in [1.807, 2.05) is 28.8 Å². The van der Waals surface area contributed by atoms with Gasteiger partial charge in [-0.25, -0.2) is 0 Å². The lowest BCUT2D eigenvalue weighted by Gasteiger charge is -1.59. The van der Waals surface area contributed by atoms with Gasteiger partial charge in [0.25, 0.3) is 0 Å². The molecule has 0 aliphatic carbocycles. The van der Waals surface area contributed by atoms with Gasteiger partial charge in [-0.05, 0) is 14.1 Å². The SMILES string of the molecule is BC.CNC.F.F.F. The second-order valence-electron chi connectivity index (χ2n) is 0.500. The van der Waals surface area contributed by atoms with Crippen molar-refractivity contribution in [3.8, 4) is 0 Å². The molecule has 0 heterocycles. The van der Waals surface area contributed by atoms with E-state index >= 15 is 0 Å². The monoisotopic (exact) mass is 133 g/mol. The van der Waals surface area contributed by atoms with Crippen LogP contribution >= 0.6 is 0 Å². The number of halogens is 3. The zero-order valence-electron chi connectivity index (χ0n) is 5.72. The van der Waals surface area contributed by atoms with Crippen LogP contribution < -0.4 is 5.32 Å². The lowest BCUT2D eigenvalue weighted by atomic mass is 10.2. The van der Waals surface area contributed by atoms with Crippen LogP contribution in [0.1, 0.15) is 0 Å². The van der Waals surface area contributed by atoms with Gasteiger partial charge >= 0.3 is 0 Å². The maximum absolute atomic E-state index is 2.75. The van der Waals surface area contributed by atoms with Crippen molar-refractivity contribution in [2.45, 2.75) is 6.82 Å². The van der Waals surface area contributed by atoms with Crippen molar-refractivity contribution in [3.05, 3.63) is 0 Å². The molecule has 0 atom stereocenters. The minimum absolute atomic E-state index is 0. The molecule has 0 radical (unpaired) electrons.